The van der Waals surface area contributed by atoms with Gasteiger partial charge in [-0.2, -0.15) is 4.98 Å². The number of morpholine rings is 1. The molecular weight excluding hydrogens is 322 g/mol. The minimum atomic E-state index is -0.139. The van der Waals surface area contributed by atoms with Crippen molar-refractivity contribution in [3.8, 4) is 6.01 Å². The fourth-order valence-corrected chi connectivity index (χ4v) is 3.59. The van der Waals surface area contributed by atoms with Crippen molar-refractivity contribution < 1.29 is 9.47 Å². The summed E-state index contributed by atoms with van der Waals surface area (Å²) in [5, 5.41) is 0. The second-order valence-corrected chi connectivity index (χ2v) is 6.90. The number of hydrogen-bond acceptors (Lipinski definition) is 6. The summed E-state index contributed by atoms with van der Waals surface area (Å²) >= 11 is 0. The molecule has 2 aromatic heterocycles. The number of unbranched alkanes of at least 4 members (excludes halogenated alkanes) is 1. The van der Waals surface area contributed by atoms with Crippen LogP contribution in [0.15, 0.2) is 11.0 Å². The molecule has 3 fully saturated rings. The number of H-pyrrole nitrogens is 1. The van der Waals surface area contributed by atoms with Crippen LogP contribution in [0, 0.1) is 0 Å². The highest BCUT2D eigenvalue weighted by Crippen LogP contribution is 2.27. The van der Waals surface area contributed by atoms with Crippen LogP contribution in [-0.4, -0.2) is 62.9 Å². The predicted molar refractivity (Wildman–Crippen MR) is 92.9 cm³/mol. The van der Waals surface area contributed by atoms with Gasteiger partial charge in [-0.25, -0.2) is 9.78 Å². The minimum Gasteiger partial charge on any atom is -0.463 e. The molecule has 0 saturated carbocycles. The van der Waals surface area contributed by atoms with Gasteiger partial charge < -0.3 is 14.5 Å². The van der Waals surface area contributed by atoms with E-state index in [9.17, 15) is 4.79 Å². The molecule has 2 unspecified atom stereocenters. The van der Waals surface area contributed by atoms with Crippen molar-refractivity contribution in [3.63, 3.8) is 0 Å². The van der Waals surface area contributed by atoms with Crippen molar-refractivity contribution in [1.29, 1.82) is 0 Å². The zero-order chi connectivity index (χ0) is 17.2. The topological polar surface area (TPSA) is 85.3 Å². The van der Waals surface area contributed by atoms with Crippen LogP contribution < -0.4 is 10.4 Å². The number of aromatic nitrogens is 4. The van der Waals surface area contributed by atoms with E-state index in [0.717, 1.165) is 38.9 Å². The number of rotatable bonds is 8. The molecule has 0 radical (unpaired) electrons. The van der Waals surface area contributed by atoms with E-state index in [1.807, 2.05) is 0 Å². The number of aromatic amines is 1. The van der Waals surface area contributed by atoms with Gasteiger partial charge in [0.25, 0.3) is 0 Å². The number of nitrogens with one attached hydrogen (secondary N) is 1. The number of imidazole rings is 1. The Kier molecular flexibility index (Phi) is 4.72. The molecular formula is C17H25N5O3. The zero-order valence-electron chi connectivity index (χ0n) is 14.6. The molecule has 1 N–H and O–H groups in total. The van der Waals surface area contributed by atoms with Crippen LogP contribution in [0.3, 0.4) is 0 Å². The monoisotopic (exact) mass is 347 g/mol. The minimum absolute atomic E-state index is 0.139. The maximum Gasteiger partial charge on any atom is 0.327 e. The van der Waals surface area contributed by atoms with Crippen LogP contribution in [-0.2, 0) is 11.3 Å². The molecule has 0 aromatic carbocycles. The van der Waals surface area contributed by atoms with Crippen molar-refractivity contribution >= 4 is 11.2 Å². The number of hydrogen-bond donors (Lipinski definition) is 1. The summed E-state index contributed by atoms with van der Waals surface area (Å²) in [4.78, 5) is 26.0. The smallest absolute Gasteiger partial charge is 0.327 e. The van der Waals surface area contributed by atoms with E-state index in [0.29, 0.717) is 42.5 Å². The largest absolute Gasteiger partial charge is 0.463 e. The molecule has 0 spiro atoms. The van der Waals surface area contributed by atoms with Gasteiger partial charge >= 0.3 is 11.7 Å². The van der Waals surface area contributed by atoms with Crippen molar-refractivity contribution in [2.75, 3.05) is 26.2 Å². The molecule has 0 amide bonds. The van der Waals surface area contributed by atoms with Gasteiger partial charge in [0.05, 0.1) is 25.0 Å². The molecule has 8 nitrogen and oxygen atoms in total. The van der Waals surface area contributed by atoms with Crippen molar-refractivity contribution in [1.82, 2.24) is 24.4 Å². The van der Waals surface area contributed by atoms with Crippen molar-refractivity contribution in [2.45, 2.75) is 51.4 Å². The average Bonchev–Trinajstić information content (AvgIpc) is 2.90. The van der Waals surface area contributed by atoms with Gasteiger partial charge in [0.1, 0.15) is 5.52 Å². The van der Waals surface area contributed by atoms with Gasteiger partial charge in [-0.15, -0.1) is 0 Å². The summed E-state index contributed by atoms with van der Waals surface area (Å²) in [5.41, 5.74) is 1.14. The highest BCUT2D eigenvalue weighted by molar-refractivity contribution is 5.69. The van der Waals surface area contributed by atoms with E-state index in [1.54, 1.807) is 10.8 Å². The number of aryl methyl sites for hydroxylation is 1. The Morgan fingerprint density at radius 1 is 1.32 bits per heavy atom. The van der Waals surface area contributed by atoms with E-state index in [-0.39, 0.29) is 5.69 Å². The fraction of sp³-hybridized carbons (Fsp3) is 0.706. The Balaban J connectivity index is 1.40. The Labute approximate surface area is 146 Å². The highest BCUT2D eigenvalue weighted by atomic mass is 16.5. The third-order valence-corrected chi connectivity index (χ3v) is 4.91. The Morgan fingerprint density at radius 2 is 2.12 bits per heavy atom. The number of piperidine rings is 1. The third-order valence-electron chi connectivity index (χ3n) is 4.91. The lowest BCUT2D eigenvalue weighted by molar-refractivity contribution is -0.180. The standard InChI is InChI=1S/C17H25N5O3/c1-2-3-7-24-16-18-9-14-15(20-16)22(17(23)19-14)6-4-5-21-10-12-8-13(11-21)25-12/h9,12-13H,2-8,10-11H2,1H3,(H,19,23). The summed E-state index contributed by atoms with van der Waals surface area (Å²) < 4.78 is 12.9. The normalized spacial score (nSPS) is 22.9. The number of ether oxygens (including phenoxy) is 2. The first-order valence-electron chi connectivity index (χ1n) is 9.19. The fourth-order valence-electron chi connectivity index (χ4n) is 3.59. The summed E-state index contributed by atoms with van der Waals surface area (Å²) in [7, 11) is 0. The summed E-state index contributed by atoms with van der Waals surface area (Å²) in [6.07, 6.45) is 6.59. The second-order valence-electron chi connectivity index (χ2n) is 6.90. The maximum absolute atomic E-state index is 12.2. The lowest BCUT2D eigenvalue weighted by Gasteiger charge is -2.47. The van der Waals surface area contributed by atoms with Crippen LogP contribution in [0.1, 0.15) is 32.6 Å². The molecule has 0 aliphatic carbocycles. The van der Waals surface area contributed by atoms with Crippen LogP contribution in [0.4, 0.5) is 0 Å². The molecule has 3 aliphatic rings. The SMILES string of the molecule is CCCCOc1ncc2[nH]c(=O)n(CCCN3CC4CC(C3)O4)c2n1. The summed E-state index contributed by atoms with van der Waals surface area (Å²) in [6.45, 7) is 6.33. The van der Waals surface area contributed by atoms with Gasteiger partial charge in [-0.1, -0.05) is 13.3 Å². The number of nitrogens with zero attached hydrogens (tertiary/aromatic N) is 4. The van der Waals surface area contributed by atoms with Gasteiger partial charge in [-0.05, 0) is 12.8 Å². The van der Waals surface area contributed by atoms with Crippen molar-refractivity contribution in [3.05, 3.63) is 16.7 Å². The Bertz CT molecular complexity index is 770. The molecule has 136 valence electrons. The molecule has 2 aromatic rings. The van der Waals surface area contributed by atoms with Crippen LogP contribution in [0.2, 0.25) is 0 Å². The Hall–Kier alpha value is -1.93. The van der Waals surface area contributed by atoms with E-state index in [1.165, 1.54) is 6.42 Å². The lowest BCUT2D eigenvalue weighted by Crippen LogP contribution is -2.57. The molecule has 2 bridgehead atoms. The van der Waals surface area contributed by atoms with Gasteiger partial charge in [0.15, 0.2) is 5.65 Å². The van der Waals surface area contributed by atoms with E-state index < -0.39 is 0 Å². The van der Waals surface area contributed by atoms with Gasteiger partial charge in [0.2, 0.25) is 0 Å². The molecule has 3 saturated heterocycles. The first-order valence-corrected chi connectivity index (χ1v) is 9.19. The highest BCUT2D eigenvalue weighted by Gasteiger charge is 2.37. The van der Waals surface area contributed by atoms with E-state index in [2.05, 4.69) is 26.8 Å². The quantitative estimate of drug-likeness (QED) is 0.722. The zero-order valence-corrected chi connectivity index (χ0v) is 14.6. The second kappa shape index (κ2) is 7.13. The summed E-state index contributed by atoms with van der Waals surface area (Å²) in [6, 6.07) is 0.335. The molecule has 5 rings (SSSR count). The first kappa shape index (κ1) is 16.5. The van der Waals surface area contributed by atoms with Crippen LogP contribution >= 0.6 is 0 Å². The van der Waals surface area contributed by atoms with Crippen molar-refractivity contribution in [2.24, 2.45) is 0 Å². The van der Waals surface area contributed by atoms with Crippen LogP contribution in [0.5, 0.6) is 6.01 Å². The molecule has 3 aliphatic heterocycles. The van der Waals surface area contributed by atoms with E-state index >= 15 is 0 Å². The number of fused-ring (bicyclic) bond motifs is 3. The van der Waals surface area contributed by atoms with Gasteiger partial charge in [0, 0.05) is 32.6 Å². The molecule has 25 heavy (non-hydrogen) atoms. The Morgan fingerprint density at radius 3 is 2.88 bits per heavy atom. The van der Waals surface area contributed by atoms with Gasteiger partial charge in [-0.3, -0.25) is 9.47 Å². The average molecular weight is 347 g/mol. The van der Waals surface area contributed by atoms with Crippen LogP contribution in [0.25, 0.3) is 11.2 Å². The first-order chi connectivity index (χ1) is 12.2. The lowest BCUT2D eigenvalue weighted by atomic mass is 9.99. The molecule has 5 heterocycles. The third kappa shape index (κ3) is 3.55. The maximum atomic E-state index is 12.2. The summed E-state index contributed by atoms with van der Waals surface area (Å²) in [5.74, 6) is 0. The molecule has 2 atom stereocenters. The predicted octanol–water partition coefficient (Wildman–Crippen LogP) is 1.16. The van der Waals surface area contributed by atoms with E-state index in [4.69, 9.17) is 9.47 Å². The molecule has 8 heteroatoms.